The zero-order valence-electron chi connectivity index (χ0n) is 8.81. The number of anilines is 1. The first-order valence-corrected chi connectivity index (χ1v) is 5.48. The van der Waals surface area contributed by atoms with Crippen molar-refractivity contribution in [1.29, 1.82) is 0 Å². The number of nitrogens with zero attached hydrogens (tertiary/aromatic N) is 2. The van der Waals surface area contributed by atoms with Crippen LogP contribution in [0.5, 0.6) is 0 Å². The van der Waals surface area contributed by atoms with Crippen molar-refractivity contribution < 1.29 is 0 Å². The van der Waals surface area contributed by atoms with Gasteiger partial charge in [0.15, 0.2) is 0 Å². The summed E-state index contributed by atoms with van der Waals surface area (Å²) < 4.78 is 0. The molecule has 0 radical (unpaired) electrons. The van der Waals surface area contributed by atoms with E-state index < -0.39 is 0 Å². The van der Waals surface area contributed by atoms with Crippen LogP contribution in [-0.2, 0) is 0 Å². The Labute approximate surface area is 102 Å². The van der Waals surface area contributed by atoms with E-state index in [1.54, 1.807) is 12.3 Å². The molecule has 2 heterocycles. The van der Waals surface area contributed by atoms with Crippen LogP contribution < -0.4 is 5.73 Å². The van der Waals surface area contributed by atoms with Crippen LogP contribution in [0, 0.1) is 0 Å². The number of imidazole rings is 1. The number of hydrogen-bond donors (Lipinski definition) is 2. The van der Waals surface area contributed by atoms with Crippen LogP contribution in [0.4, 0.5) is 5.82 Å². The summed E-state index contributed by atoms with van der Waals surface area (Å²) in [6.45, 7) is 0. The van der Waals surface area contributed by atoms with Crippen LogP contribution in [0.2, 0.25) is 5.02 Å². The fourth-order valence-corrected chi connectivity index (χ4v) is 1.90. The maximum atomic E-state index is 5.92. The molecule has 0 atom stereocenters. The standard InChI is InChI=1S/C12H9ClN4/c13-7-3-4-9-10(6-7)17-12(16-9)8-2-1-5-15-11(8)14/h1-6H,(H2,14,15)(H,16,17). The topological polar surface area (TPSA) is 67.6 Å². The van der Waals surface area contributed by atoms with Gasteiger partial charge >= 0.3 is 0 Å². The van der Waals surface area contributed by atoms with E-state index in [-0.39, 0.29) is 0 Å². The molecule has 84 valence electrons. The monoisotopic (exact) mass is 244 g/mol. The fraction of sp³-hybridized carbons (Fsp3) is 0. The van der Waals surface area contributed by atoms with Crippen LogP contribution in [0.3, 0.4) is 0 Å². The molecule has 0 bridgehead atoms. The second-order valence-corrected chi connectivity index (χ2v) is 4.12. The first kappa shape index (κ1) is 10.1. The average Bonchev–Trinajstić information content (AvgIpc) is 2.72. The van der Waals surface area contributed by atoms with E-state index in [0.29, 0.717) is 16.7 Å². The summed E-state index contributed by atoms with van der Waals surface area (Å²) in [5.74, 6) is 1.16. The number of nitrogens with one attached hydrogen (secondary N) is 1. The van der Waals surface area contributed by atoms with Crippen molar-refractivity contribution in [2.24, 2.45) is 0 Å². The second-order valence-electron chi connectivity index (χ2n) is 3.68. The van der Waals surface area contributed by atoms with Gasteiger partial charge in [-0.2, -0.15) is 0 Å². The summed E-state index contributed by atoms with van der Waals surface area (Å²) in [4.78, 5) is 11.7. The second kappa shape index (κ2) is 3.75. The quantitative estimate of drug-likeness (QED) is 0.692. The molecule has 0 aliphatic heterocycles. The zero-order valence-corrected chi connectivity index (χ0v) is 9.57. The van der Waals surface area contributed by atoms with Crippen molar-refractivity contribution >= 4 is 28.5 Å². The normalized spacial score (nSPS) is 10.9. The lowest BCUT2D eigenvalue weighted by atomic mass is 10.2. The molecule has 0 unspecified atom stereocenters. The predicted molar refractivity (Wildman–Crippen MR) is 68.7 cm³/mol. The Morgan fingerprint density at radius 1 is 1.24 bits per heavy atom. The molecule has 0 amide bonds. The van der Waals surface area contributed by atoms with Gasteiger partial charge in [-0.05, 0) is 30.3 Å². The van der Waals surface area contributed by atoms with Gasteiger partial charge in [-0.25, -0.2) is 9.97 Å². The Bertz CT molecular complexity index is 690. The summed E-state index contributed by atoms with van der Waals surface area (Å²) in [6.07, 6.45) is 1.65. The molecule has 1 aromatic carbocycles. The number of H-pyrrole nitrogens is 1. The molecular weight excluding hydrogens is 236 g/mol. The van der Waals surface area contributed by atoms with Crippen molar-refractivity contribution in [3.8, 4) is 11.4 Å². The van der Waals surface area contributed by atoms with E-state index in [9.17, 15) is 0 Å². The van der Waals surface area contributed by atoms with E-state index in [4.69, 9.17) is 17.3 Å². The molecule has 17 heavy (non-hydrogen) atoms. The van der Waals surface area contributed by atoms with Gasteiger partial charge in [-0.15, -0.1) is 0 Å². The molecule has 4 nitrogen and oxygen atoms in total. The molecule has 3 N–H and O–H groups in total. The lowest BCUT2D eigenvalue weighted by Gasteiger charge is -1.98. The third-order valence-corrected chi connectivity index (χ3v) is 2.77. The highest BCUT2D eigenvalue weighted by Gasteiger charge is 2.08. The summed E-state index contributed by atoms with van der Waals surface area (Å²) in [6, 6.07) is 9.21. The molecule has 5 heteroatoms. The third-order valence-electron chi connectivity index (χ3n) is 2.54. The number of halogens is 1. The molecule has 0 spiro atoms. The van der Waals surface area contributed by atoms with Crippen molar-refractivity contribution in [1.82, 2.24) is 15.0 Å². The van der Waals surface area contributed by atoms with Gasteiger partial charge in [-0.3, -0.25) is 0 Å². The number of fused-ring (bicyclic) bond motifs is 1. The van der Waals surface area contributed by atoms with Crippen molar-refractivity contribution in [2.45, 2.75) is 0 Å². The summed E-state index contributed by atoms with van der Waals surface area (Å²) in [5.41, 5.74) is 8.34. The highest BCUT2D eigenvalue weighted by atomic mass is 35.5. The highest BCUT2D eigenvalue weighted by Crippen LogP contribution is 2.25. The maximum Gasteiger partial charge on any atom is 0.142 e. The van der Waals surface area contributed by atoms with Gasteiger partial charge in [0, 0.05) is 11.2 Å². The van der Waals surface area contributed by atoms with Crippen molar-refractivity contribution in [2.75, 3.05) is 5.73 Å². The van der Waals surface area contributed by atoms with Crippen LogP contribution in [0.25, 0.3) is 22.4 Å². The van der Waals surface area contributed by atoms with Crippen molar-refractivity contribution in [3.63, 3.8) is 0 Å². The number of nitrogens with two attached hydrogens (primary N) is 1. The van der Waals surface area contributed by atoms with Crippen molar-refractivity contribution in [3.05, 3.63) is 41.6 Å². The lowest BCUT2D eigenvalue weighted by Crippen LogP contribution is -1.93. The Hall–Kier alpha value is -2.07. The minimum Gasteiger partial charge on any atom is -0.383 e. The summed E-state index contributed by atoms with van der Waals surface area (Å²) in [7, 11) is 0. The molecule has 0 fully saturated rings. The summed E-state index contributed by atoms with van der Waals surface area (Å²) in [5, 5.41) is 0.673. The first-order chi connectivity index (χ1) is 8.24. The van der Waals surface area contributed by atoms with Crippen LogP contribution in [-0.4, -0.2) is 15.0 Å². The number of rotatable bonds is 1. The minimum atomic E-state index is 0.456. The molecule has 0 saturated carbocycles. The number of aromatic nitrogens is 3. The van der Waals surface area contributed by atoms with Crippen LogP contribution in [0.15, 0.2) is 36.5 Å². The van der Waals surface area contributed by atoms with Gasteiger partial charge in [-0.1, -0.05) is 11.6 Å². The molecule has 0 aliphatic carbocycles. The largest absolute Gasteiger partial charge is 0.383 e. The SMILES string of the molecule is Nc1ncccc1-c1nc2ccc(Cl)cc2[nH]1. The Balaban J connectivity index is 2.22. The smallest absolute Gasteiger partial charge is 0.142 e. The van der Waals surface area contributed by atoms with E-state index in [0.717, 1.165) is 16.6 Å². The van der Waals surface area contributed by atoms with E-state index in [2.05, 4.69) is 15.0 Å². The predicted octanol–water partition coefficient (Wildman–Crippen LogP) is 2.86. The van der Waals surface area contributed by atoms with Crippen LogP contribution in [0.1, 0.15) is 0 Å². The Kier molecular flexibility index (Phi) is 2.23. The lowest BCUT2D eigenvalue weighted by molar-refractivity contribution is 1.28. The van der Waals surface area contributed by atoms with E-state index in [1.165, 1.54) is 0 Å². The number of hydrogen-bond acceptors (Lipinski definition) is 3. The van der Waals surface area contributed by atoms with Gasteiger partial charge in [0.25, 0.3) is 0 Å². The van der Waals surface area contributed by atoms with Gasteiger partial charge < -0.3 is 10.7 Å². The highest BCUT2D eigenvalue weighted by molar-refractivity contribution is 6.31. The maximum absolute atomic E-state index is 5.92. The Morgan fingerprint density at radius 2 is 2.12 bits per heavy atom. The molecule has 0 saturated heterocycles. The Morgan fingerprint density at radius 3 is 2.94 bits per heavy atom. The minimum absolute atomic E-state index is 0.456. The number of benzene rings is 1. The molecule has 3 aromatic rings. The number of aromatic amines is 1. The van der Waals surface area contributed by atoms with Gasteiger partial charge in [0.2, 0.25) is 0 Å². The third kappa shape index (κ3) is 1.72. The number of nitrogen functional groups attached to an aromatic ring is 1. The molecule has 3 rings (SSSR count). The molecular formula is C12H9ClN4. The van der Waals surface area contributed by atoms with Gasteiger partial charge in [0.1, 0.15) is 11.6 Å². The summed E-state index contributed by atoms with van der Waals surface area (Å²) >= 11 is 5.92. The molecule has 2 aromatic heterocycles. The van der Waals surface area contributed by atoms with Crippen LogP contribution >= 0.6 is 11.6 Å². The van der Waals surface area contributed by atoms with E-state index in [1.807, 2.05) is 24.3 Å². The average molecular weight is 245 g/mol. The zero-order chi connectivity index (χ0) is 11.8. The fourth-order valence-electron chi connectivity index (χ4n) is 1.73. The number of pyridine rings is 1. The molecule has 0 aliphatic rings. The first-order valence-electron chi connectivity index (χ1n) is 5.10. The van der Waals surface area contributed by atoms with Gasteiger partial charge in [0.05, 0.1) is 16.6 Å². The van der Waals surface area contributed by atoms with E-state index >= 15 is 0 Å².